The SMILES string of the molecule is Cc1nc(-c2c(C(F)(F)F)ccc(CNC(=O)[C@H]3C[C@H](OCc4cccc(Cl)c4)C3)c2F)[nH]c(=O)c1C. The molecule has 0 radical (unpaired) electrons. The molecule has 1 amide bonds. The van der Waals surface area contributed by atoms with E-state index in [0.29, 0.717) is 24.5 Å². The monoisotopic (exact) mass is 537 g/mol. The first-order chi connectivity index (χ1) is 17.4. The second-order valence-electron chi connectivity index (χ2n) is 9.03. The summed E-state index contributed by atoms with van der Waals surface area (Å²) >= 11 is 5.95. The number of amides is 1. The summed E-state index contributed by atoms with van der Waals surface area (Å²) in [4.78, 5) is 30.9. The summed E-state index contributed by atoms with van der Waals surface area (Å²) in [6.45, 7) is 2.95. The zero-order valence-electron chi connectivity index (χ0n) is 20.0. The quantitative estimate of drug-likeness (QED) is 0.391. The summed E-state index contributed by atoms with van der Waals surface area (Å²) in [6, 6.07) is 8.94. The number of hydrogen-bond donors (Lipinski definition) is 2. The van der Waals surface area contributed by atoms with Crippen LogP contribution in [0, 0.1) is 25.6 Å². The Morgan fingerprint density at radius 3 is 2.59 bits per heavy atom. The Bertz CT molecular complexity index is 1380. The number of H-pyrrole nitrogens is 1. The number of rotatable bonds is 7. The number of ether oxygens (including phenoxy) is 1. The van der Waals surface area contributed by atoms with Gasteiger partial charge in [0.15, 0.2) is 0 Å². The van der Waals surface area contributed by atoms with Gasteiger partial charge in [-0.15, -0.1) is 0 Å². The highest BCUT2D eigenvalue weighted by Crippen LogP contribution is 2.38. The second kappa shape index (κ2) is 10.6. The normalized spacial score (nSPS) is 17.4. The first-order valence-electron chi connectivity index (χ1n) is 11.5. The summed E-state index contributed by atoms with van der Waals surface area (Å²) in [5.41, 5.74) is -1.65. The number of benzene rings is 2. The Morgan fingerprint density at radius 2 is 1.95 bits per heavy atom. The van der Waals surface area contributed by atoms with Gasteiger partial charge in [-0.2, -0.15) is 13.2 Å². The van der Waals surface area contributed by atoms with Crippen LogP contribution in [-0.4, -0.2) is 22.0 Å². The van der Waals surface area contributed by atoms with Gasteiger partial charge in [0.2, 0.25) is 5.91 Å². The van der Waals surface area contributed by atoms with Crippen LogP contribution in [0.25, 0.3) is 11.4 Å². The van der Waals surface area contributed by atoms with Crippen molar-refractivity contribution in [2.75, 3.05) is 0 Å². The second-order valence-corrected chi connectivity index (χ2v) is 9.47. The lowest BCUT2D eigenvalue weighted by Crippen LogP contribution is -2.42. The van der Waals surface area contributed by atoms with E-state index in [1.807, 2.05) is 12.1 Å². The largest absolute Gasteiger partial charge is 0.417 e. The first-order valence-corrected chi connectivity index (χ1v) is 11.9. The lowest BCUT2D eigenvalue weighted by atomic mass is 9.81. The van der Waals surface area contributed by atoms with Crippen LogP contribution < -0.4 is 10.9 Å². The third-order valence-electron chi connectivity index (χ3n) is 6.45. The minimum Gasteiger partial charge on any atom is -0.373 e. The van der Waals surface area contributed by atoms with Crippen LogP contribution in [0.2, 0.25) is 5.02 Å². The van der Waals surface area contributed by atoms with Gasteiger partial charge >= 0.3 is 6.18 Å². The molecule has 11 heteroatoms. The summed E-state index contributed by atoms with van der Waals surface area (Å²) in [7, 11) is 0. The maximum atomic E-state index is 15.4. The molecule has 1 aromatic heterocycles. The van der Waals surface area contributed by atoms with E-state index in [0.717, 1.165) is 17.7 Å². The molecule has 37 heavy (non-hydrogen) atoms. The summed E-state index contributed by atoms with van der Waals surface area (Å²) in [5.74, 6) is -2.43. The molecule has 1 heterocycles. The van der Waals surface area contributed by atoms with Crippen molar-refractivity contribution in [3.05, 3.63) is 85.5 Å². The molecule has 0 aliphatic heterocycles. The Balaban J connectivity index is 1.43. The molecule has 1 aliphatic carbocycles. The van der Waals surface area contributed by atoms with Gasteiger partial charge in [0.05, 0.1) is 23.8 Å². The number of aromatic amines is 1. The average Bonchev–Trinajstić information content (AvgIpc) is 2.79. The van der Waals surface area contributed by atoms with Gasteiger partial charge in [-0.1, -0.05) is 29.8 Å². The van der Waals surface area contributed by atoms with Gasteiger partial charge in [0, 0.05) is 34.3 Å². The standard InChI is InChI=1S/C26H24ClF4N3O3/c1-13-14(2)33-23(34-24(13)35)21-20(26(29,30)31)7-6-16(22(21)28)11-32-25(36)17-9-19(10-17)37-12-15-4-3-5-18(27)8-15/h3-8,17,19H,9-12H2,1-2H3,(H,32,36)(H,33,34,35)/t17-,19-. The molecule has 0 spiro atoms. The number of halogens is 5. The van der Waals surface area contributed by atoms with Crippen molar-refractivity contribution in [2.45, 2.75) is 52.1 Å². The predicted molar refractivity (Wildman–Crippen MR) is 129 cm³/mol. The van der Waals surface area contributed by atoms with Gasteiger partial charge in [0.25, 0.3) is 5.56 Å². The molecule has 3 aromatic rings. The topological polar surface area (TPSA) is 84.1 Å². The molecule has 0 saturated heterocycles. The van der Waals surface area contributed by atoms with Crippen molar-refractivity contribution in [3.63, 3.8) is 0 Å². The van der Waals surface area contributed by atoms with E-state index in [-0.39, 0.29) is 41.3 Å². The van der Waals surface area contributed by atoms with Crippen molar-refractivity contribution in [1.29, 1.82) is 0 Å². The Morgan fingerprint density at radius 1 is 1.22 bits per heavy atom. The maximum absolute atomic E-state index is 15.4. The number of carbonyl (C=O) groups excluding carboxylic acids is 1. The molecule has 1 saturated carbocycles. The van der Waals surface area contributed by atoms with E-state index in [4.69, 9.17) is 16.3 Å². The predicted octanol–water partition coefficient (Wildman–Crippen LogP) is 5.48. The maximum Gasteiger partial charge on any atom is 0.417 e. The van der Waals surface area contributed by atoms with Gasteiger partial charge in [0.1, 0.15) is 11.6 Å². The Kier molecular flexibility index (Phi) is 7.70. The first kappa shape index (κ1) is 26.8. The van der Waals surface area contributed by atoms with Crippen LogP contribution >= 0.6 is 11.6 Å². The fourth-order valence-corrected chi connectivity index (χ4v) is 4.28. The number of aromatic nitrogens is 2. The molecular formula is C26H24ClF4N3O3. The van der Waals surface area contributed by atoms with Crippen molar-refractivity contribution in [2.24, 2.45) is 5.92 Å². The zero-order valence-corrected chi connectivity index (χ0v) is 20.8. The van der Waals surface area contributed by atoms with Crippen LogP contribution in [0.5, 0.6) is 0 Å². The third kappa shape index (κ3) is 6.02. The molecule has 1 aliphatic rings. The molecule has 6 nitrogen and oxygen atoms in total. The van der Waals surface area contributed by atoms with Crippen LogP contribution in [0.1, 0.15) is 40.8 Å². The highest BCUT2D eigenvalue weighted by molar-refractivity contribution is 6.30. The van der Waals surface area contributed by atoms with Crippen LogP contribution in [0.4, 0.5) is 17.6 Å². The molecular weight excluding hydrogens is 514 g/mol. The molecule has 196 valence electrons. The fraction of sp³-hybridized carbons (Fsp3) is 0.346. The summed E-state index contributed by atoms with van der Waals surface area (Å²) in [6.07, 6.45) is -4.06. The summed E-state index contributed by atoms with van der Waals surface area (Å²) < 4.78 is 62.1. The number of aryl methyl sites for hydroxylation is 1. The van der Waals surface area contributed by atoms with Crippen molar-refractivity contribution in [3.8, 4) is 11.4 Å². The summed E-state index contributed by atoms with van der Waals surface area (Å²) in [5, 5.41) is 3.19. The van der Waals surface area contributed by atoms with Gasteiger partial charge < -0.3 is 15.0 Å². The van der Waals surface area contributed by atoms with E-state index in [2.05, 4.69) is 15.3 Å². The highest BCUT2D eigenvalue weighted by atomic mass is 35.5. The third-order valence-corrected chi connectivity index (χ3v) is 6.69. The minimum absolute atomic E-state index is 0.114. The molecule has 1 fully saturated rings. The van der Waals surface area contributed by atoms with Gasteiger partial charge in [-0.3, -0.25) is 9.59 Å². The van der Waals surface area contributed by atoms with Crippen LogP contribution in [-0.2, 0) is 28.9 Å². The van der Waals surface area contributed by atoms with Gasteiger partial charge in [-0.25, -0.2) is 9.37 Å². The molecule has 2 aromatic carbocycles. The van der Waals surface area contributed by atoms with Crippen LogP contribution in [0.3, 0.4) is 0 Å². The smallest absolute Gasteiger partial charge is 0.373 e. The number of carbonyl (C=O) groups is 1. The zero-order chi connectivity index (χ0) is 26.9. The lowest BCUT2D eigenvalue weighted by Gasteiger charge is -2.34. The minimum atomic E-state index is -4.89. The number of nitrogens with zero attached hydrogens (tertiary/aromatic N) is 1. The van der Waals surface area contributed by atoms with Crippen LogP contribution in [0.15, 0.2) is 41.2 Å². The number of hydrogen-bond acceptors (Lipinski definition) is 4. The van der Waals surface area contributed by atoms with Crippen molar-refractivity contribution in [1.82, 2.24) is 15.3 Å². The van der Waals surface area contributed by atoms with E-state index in [9.17, 15) is 22.8 Å². The van der Waals surface area contributed by atoms with E-state index < -0.39 is 34.5 Å². The Hall–Kier alpha value is -3.24. The van der Waals surface area contributed by atoms with Gasteiger partial charge in [-0.05, 0) is 50.5 Å². The molecule has 0 atom stereocenters. The molecule has 4 rings (SSSR count). The molecule has 0 unspecified atom stereocenters. The lowest BCUT2D eigenvalue weighted by molar-refractivity contribution is -0.137. The average molecular weight is 538 g/mol. The van der Waals surface area contributed by atoms with E-state index in [1.54, 1.807) is 12.1 Å². The highest BCUT2D eigenvalue weighted by Gasteiger charge is 2.38. The fourth-order valence-electron chi connectivity index (χ4n) is 4.07. The Labute approximate surface area is 215 Å². The van der Waals surface area contributed by atoms with E-state index in [1.165, 1.54) is 13.8 Å². The van der Waals surface area contributed by atoms with Crippen molar-refractivity contribution < 1.29 is 27.1 Å². The van der Waals surface area contributed by atoms with Crippen molar-refractivity contribution >= 4 is 17.5 Å². The number of alkyl halides is 3. The number of nitrogens with one attached hydrogen (secondary N) is 2. The van der Waals surface area contributed by atoms with E-state index >= 15 is 4.39 Å². The molecule has 0 bridgehead atoms. The molecule has 2 N–H and O–H groups in total.